The molecule has 0 radical (unpaired) electrons. The van der Waals surface area contributed by atoms with Crippen LogP contribution in [0.2, 0.25) is 0 Å². The van der Waals surface area contributed by atoms with Gasteiger partial charge in [-0.25, -0.2) is 0 Å². The molecular formula is C22H27NO7. The van der Waals surface area contributed by atoms with Crippen LogP contribution in [0.3, 0.4) is 0 Å². The van der Waals surface area contributed by atoms with Gasteiger partial charge in [0.05, 0.1) is 27.4 Å². The van der Waals surface area contributed by atoms with Crippen LogP contribution < -0.4 is 24.3 Å². The van der Waals surface area contributed by atoms with Gasteiger partial charge in [-0.3, -0.25) is 9.59 Å². The van der Waals surface area contributed by atoms with Crippen molar-refractivity contribution in [3.8, 4) is 23.0 Å². The van der Waals surface area contributed by atoms with E-state index in [1.165, 1.54) is 14.2 Å². The number of esters is 1. The van der Waals surface area contributed by atoms with Crippen molar-refractivity contribution in [1.29, 1.82) is 0 Å². The van der Waals surface area contributed by atoms with Crippen LogP contribution in [0.5, 0.6) is 23.0 Å². The molecule has 162 valence electrons. The van der Waals surface area contributed by atoms with E-state index in [4.69, 9.17) is 23.7 Å². The first-order chi connectivity index (χ1) is 14.5. The zero-order valence-electron chi connectivity index (χ0n) is 17.4. The standard InChI is InChI=1S/C22H27NO7/c1-4-28-19-8-5-6-9-20(19)29-11-7-10-22(25)30-15-21(24)23-16-12-17(26-2)14-18(13-16)27-3/h5-6,8-9,12-14H,4,7,10-11,15H2,1-3H3,(H,23,24). The minimum atomic E-state index is -0.477. The van der Waals surface area contributed by atoms with Crippen LogP contribution in [-0.4, -0.2) is 45.9 Å². The highest BCUT2D eigenvalue weighted by atomic mass is 16.5. The molecule has 0 aliphatic heterocycles. The van der Waals surface area contributed by atoms with Crippen LogP contribution in [-0.2, 0) is 14.3 Å². The van der Waals surface area contributed by atoms with Crippen molar-refractivity contribution in [1.82, 2.24) is 0 Å². The molecule has 0 spiro atoms. The highest BCUT2D eigenvalue weighted by Gasteiger charge is 2.10. The molecule has 0 unspecified atom stereocenters. The number of nitrogens with one attached hydrogen (secondary N) is 1. The highest BCUT2D eigenvalue weighted by molar-refractivity contribution is 5.93. The number of anilines is 1. The van der Waals surface area contributed by atoms with E-state index in [0.29, 0.717) is 48.3 Å². The van der Waals surface area contributed by atoms with Crippen molar-refractivity contribution < 1.29 is 33.3 Å². The summed E-state index contributed by atoms with van der Waals surface area (Å²) in [6.07, 6.45) is 0.588. The molecule has 8 nitrogen and oxygen atoms in total. The number of carbonyl (C=O) groups is 2. The van der Waals surface area contributed by atoms with Gasteiger partial charge in [0.15, 0.2) is 18.1 Å². The number of methoxy groups -OCH3 is 2. The van der Waals surface area contributed by atoms with Crippen LogP contribution in [0.25, 0.3) is 0 Å². The maximum atomic E-state index is 12.0. The molecular weight excluding hydrogens is 390 g/mol. The molecule has 0 aliphatic carbocycles. The van der Waals surface area contributed by atoms with E-state index < -0.39 is 11.9 Å². The van der Waals surface area contributed by atoms with E-state index in [2.05, 4.69) is 5.32 Å². The normalized spacial score (nSPS) is 10.1. The molecule has 0 aliphatic rings. The maximum absolute atomic E-state index is 12.0. The van der Waals surface area contributed by atoms with E-state index in [1.807, 2.05) is 25.1 Å². The number of rotatable bonds is 12. The largest absolute Gasteiger partial charge is 0.497 e. The van der Waals surface area contributed by atoms with E-state index in [9.17, 15) is 9.59 Å². The molecule has 2 aromatic rings. The van der Waals surface area contributed by atoms with Gasteiger partial charge in [-0.15, -0.1) is 0 Å². The molecule has 0 bridgehead atoms. The van der Waals surface area contributed by atoms with Crippen molar-refractivity contribution in [3.63, 3.8) is 0 Å². The topological polar surface area (TPSA) is 92.3 Å². The van der Waals surface area contributed by atoms with E-state index in [0.717, 1.165) is 0 Å². The summed E-state index contributed by atoms with van der Waals surface area (Å²) in [5.41, 5.74) is 0.480. The SMILES string of the molecule is CCOc1ccccc1OCCCC(=O)OCC(=O)Nc1cc(OC)cc(OC)c1. The molecule has 1 amide bonds. The van der Waals surface area contributed by atoms with Crippen molar-refractivity contribution in [2.24, 2.45) is 0 Å². The van der Waals surface area contributed by atoms with Crippen molar-refractivity contribution in [3.05, 3.63) is 42.5 Å². The Morgan fingerprint density at radius 3 is 2.17 bits per heavy atom. The fourth-order valence-electron chi connectivity index (χ4n) is 2.54. The first kappa shape index (κ1) is 22.9. The third kappa shape index (κ3) is 7.54. The van der Waals surface area contributed by atoms with E-state index in [-0.39, 0.29) is 13.0 Å². The molecule has 0 heterocycles. The first-order valence-electron chi connectivity index (χ1n) is 9.59. The molecule has 0 fully saturated rings. The van der Waals surface area contributed by atoms with Gasteiger partial charge in [0, 0.05) is 30.3 Å². The van der Waals surface area contributed by atoms with Crippen molar-refractivity contribution in [2.75, 3.05) is 39.4 Å². The van der Waals surface area contributed by atoms with Gasteiger partial charge < -0.3 is 29.0 Å². The number of benzene rings is 2. The number of amides is 1. The summed E-state index contributed by atoms with van der Waals surface area (Å²) in [5, 5.41) is 2.64. The first-order valence-corrected chi connectivity index (χ1v) is 9.59. The van der Waals surface area contributed by atoms with Gasteiger partial charge in [-0.05, 0) is 25.5 Å². The minimum Gasteiger partial charge on any atom is -0.497 e. The maximum Gasteiger partial charge on any atom is 0.306 e. The molecule has 0 saturated carbocycles. The predicted octanol–water partition coefficient (Wildman–Crippen LogP) is 3.44. The van der Waals surface area contributed by atoms with E-state index >= 15 is 0 Å². The van der Waals surface area contributed by atoms with Crippen LogP contribution in [0, 0.1) is 0 Å². The van der Waals surface area contributed by atoms with Gasteiger partial charge in [-0.1, -0.05) is 12.1 Å². The summed E-state index contributed by atoms with van der Waals surface area (Å²) in [6.45, 7) is 2.38. The second-order valence-electron chi connectivity index (χ2n) is 6.14. The predicted molar refractivity (Wildman–Crippen MR) is 111 cm³/mol. The average molecular weight is 417 g/mol. The fourth-order valence-corrected chi connectivity index (χ4v) is 2.54. The monoisotopic (exact) mass is 417 g/mol. The molecule has 0 atom stereocenters. The van der Waals surface area contributed by atoms with Gasteiger partial charge in [0.1, 0.15) is 11.5 Å². The Morgan fingerprint density at radius 1 is 0.933 bits per heavy atom. The second-order valence-corrected chi connectivity index (χ2v) is 6.14. The summed E-state index contributed by atoms with van der Waals surface area (Å²) in [4.78, 5) is 23.9. The Morgan fingerprint density at radius 2 is 1.57 bits per heavy atom. The lowest BCUT2D eigenvalue weighted by molar-refractivity contribution is -0.147. The zero-order valence-corrected chi connectivity index (χ0v) is 17.4. The quantitative estimate of drug-likeness (QED) is 0.418. The van der Waals surface area contributed by atoms with Gasteiger partial charge in [0.25, 0.3) is 5.91 Å². The highest BCUT2D eigenvalue weighted by Crippen LogP contribution is 2.27. The molecule has 0 aromatic heterocycles. The number of carbonyl (C=O) groups excluding carboxylic acids is 2. The smallest absolute Gasteiger partial charge is 0.306 e. The Labute approximate surface area is 176 Å². The lowest BCUT2D eigenvalue weighted by Crippen LogP contribution is -2.21. The average Bonchev–Trinajstić information content (AvgIpc) is 2.76. The number of hydrogen-bond acceptors (Lipinski definition) is 7. The minimum absolute atomic E-state index is 0.136. The third-order valence-electron chi connectivity index (χ3n) is 3.93. The second kappa shape index (κ2) is 12.2. The van der Waals surface area contributed by atoms with Crippen LogP contribution in [0.1, 0.15) is 19.8 Å². The summed E-state index contributed by atoms with van der Waals surface area (Å²) in [7, 11) is 3.03. The Balaban J connectivity index is 1.70. The molecule has 0 saturated heterocycles. The molecule has 8 heteroatoms. The van der Waals surface area contributed by atoms with Crippen molar-refractivity contribution >= 4 is 17.6 Å². The Bertz CT molecular complexity index is 816. The fraction of sp³-hybridized carbons (Fsp3) is 0.364. The third-order valence-corrected chi connectivity index (χ3v) is 3.93. The lowest BCUT2D eigenvalue weighted by Gasteiger charge is -2.11. The van der Waals surface area contributed by atoms with Crippen LogP contribution >= 0.6 is 0 Å². The van der Waals surface area contributed by atoms with Gasteiger partial charge >= 0.3 is 5.97 Å². The van der Waals surface area contributed by atoms with Crippen LogP contribution in [0.15, 0.2) is 42.5 Å². The summed E-state index contributed by atoms with van der Waals surface area (Å²) in [6, 6.07) is 12.3. The zero-order chi connectivity index (χ0) is 21.8. The van der Waals surface area contributed by atoms with Gasteiger partial charge in [0.2, 0.25) is 0 Å². The number of ether oxygens (including phenoxy) is 5. The Hall–Kier alpha value is -3.42. The van der Waals surface area contributed by atoms with E-state index in [1.54, 1.807) is 24.3 Å². The van der Waals surface area contributed by atoms with Gasteiger partial charge in [-0.2, -0.15) is 0 Å². The number of para-hydroxylation sites is 2. The Kier molecular flexibility index (Phi) is 9.30. The molecule has 2 rings (SSSR count). The van der Waals surface area contributed by atoms with Crippen molar-refractivity contribution in [2.45, 2.75) is 19.8 Å². The van der Waals surface area contributed by atoms with Crippen LogP contribution in [0.4, 0.5) is 5.69 Å². The molecule has 30 heavy (non-hydrogen) atoms. The molecule has 2 aromatic carbocycles. The summed E-state index contributed by atoms with van der Waals surface area (Å²) >= 11 is 0. The number of hydrogen-bond donors (Lipinski definition) is 1. The lowest BCUT2D eigenvalue weighted by atomic mass is 10.2. The molecule has 1 N–H and O–H groups in total. The summed E-state index contributed by atoms with van der Waals surface area (Å²) < 4.78 is 26.4. The summed E-state index contributed by atoms with van der Waals surface area (Å²) in [5.74, 6) is 1.42.